The predicted molar refractivity (Wildman–Crippen MR) is 64.9 cm³/mol. The summed E-state index contributed by atoms with van der Waals surface area (Å²) in [5.74, 6) is 0. The average molecular weight is 217 g/mol. The van der Waals surface area contributed by atoms with E-state index in [0.29, 0.717) is 12.5 Å². The first-order valence-electron chi connectivity index (χ1n) is 5.74. The number of nitrogens with zero attached hydrogens (tertiary/aromatic N) is 3. The highest BCUT2D eigenvalue weighted by atomic mass is 15.1. The number of hydrogen-bond donors (Lipinski definition) is 0. The number of hydrogen-bond acceptors (Lipinski definition) is 3. The van der Waals surface area contributed by atoms with Crippen LogP contribution in [0, 0.1) is 11.3 Å². The normalized spacial score (nSPS) is 10.7. The summed E-state index contributed by atoms with van der Waals surface area (Å²) < 4.78 is 0. The number of pyridine rings is 1. The number of nitriles is 1. The van der Waals surface area contributed by atoms with Crippen LogP contribution < -0.4 is 0 Å². The van der Waals surface area contributed by atoms with Gasteiger partial charge in [-0.3, -0.25) is 9.88 Å². The van der Waals surface area contributed by atoms with E-state index in [0.717, 1.165) is 19.5 Å². The van der Waals surface area contributed by atoms with Crippen molar-refractivity contribution in [1.82, 2.24) is 9.88 Å². The molecule has 0 saturated heterocycles. The molecule has 0 bridgehead atoms. The van der Waals surface area contributed by atoms with Gasteiger partial charge >= 0.3 is 0 Å². The molecule has 86 valence electrons. The first kappa shape index (κ1) is 12.7. The van der Waals surface area contributed by atoms with Crippen LogP contribution in [0.3, 0.4) is 0 Å². The van der Waals surface area contributed by atoms with Gasteiger partial charge in [-0.25, -0.2) is 0 Å². The lowest BCUT2D eigenvalue weighted by atomic mass is 10.2. The Balaban J connectivity index is 2.41. The van der Waals surface area contributed by atoms with Crippen molar-refractivity contribution in [3.8, 4) is 6.07 Å². The molecule has 16 heavy (non-hydrogen) atoms. The third kappa shape index (κ3) is 4.41. The summed E-state index contributed by atoms with van der Waals surface area (Å²) in [5, 5.41) is 8.60. The second-order valence-corrected chi connectivity index (χ2v) is 4.15. The highest BCUT2D eigenvalue weighted by molar-refractivity contribution is 5.08. The van der Waals surface area contributed by atoms with Gasteiger partial charge in [-0.05, 0) is 31.9 Å². The molecule has 0 aliphatic heterocycles. The average Bonchev–Trinajstić information content (AvgIpc) is 2.30. The van der Waals surface area contributed by atoms with Gasteiger partial charge in [0.1, 0.15) is 0 Å². The van der Waals surface area contributed by atoms with Crippen LogP contribution >= 0.6 is 0 Å². The van der Waals surface area contributed by atoms with Crippen molar-refractivity contribution in [2.75, 3.05) is 13.1 Å². The van der Waals surface area contributed by atoms with Crippen LogP contribution in [0.4, 0.5) is 0 Å². The Labute approximate surface area is 97.7 Å². The Morgan fingerprint density at radius 1 is 1.44 bits per heavy atom. The molecule has 0 amide bonds. The van der Waals surface area contributed by atoms with Crippen molar-refractivity contribution in [3.05, 3.63) is 30.1 Å². The predicted octanol–water partition coefficient (Wildman–Crippen LogP) is 2.25. The zero-order valence-corrected chi connectivity index (χ0v) is 10.1. The summed E-state index contributed by atoms with van der Waals surface area (Å²) in [6.45, 7) is 6.18. The standard InChI is InChI=1S/C13H19N3/c1-12(2)16(9-4-7-14)10-6-13-5-3-8-15-11-13/h3,5,8,11-12H,4,6,9-10H2,1-2H3. The topological polar surface area (TPSA) is 39.9 Å². The fraction of sp³-hybridized carbons (Fsp3) is 0.538. The third-order valence-corrected chi connectivity index (χ3v) is 2.65. The number of aromatic nitrogens is 1. The van der Waals surface area contributed by atoms with Crippen LogP contribution in [-0.4, -0.2) is 29.0 Å². The summed E-state index contributed by atoms with van der Waals surface area (Å²) in [5.41, 5.74) is 1.25. The molecule has 3 nitrogen and oxygen atoms in total. The van der Waals surface area contributed by atoms with Crippen LogP contribution in [0.1, 0.15) is 25.8 Å². The second-order valence-electron chi connectivity index (χ2n) is 4.15. The molecule has 0 radical (unpaired) electrons. The Hall–Kier alpha value is -1.40. The van der Waals surface area contributed by atoms with Crippen LogP contribution in [0.15, 0.2) is 24.5 Å². The van der Waals surface area contributed by atoms with Gasteiger partial charge in [-0.1, -0.05) is 6.07 Å². The molecule has 0 fully saturated rings. The SMILES string of the molecule is CC(C)N(CCC#N)CCc1cccnc1. The van der Waals surface area contributed by atoms with Crippen LogP contribution in [0.2, 0.25) is 0 Å². The highest BCUT2D eigenvalue weighted by Crippen LogP contribution is 2.04. The van der Waals surface area contributed by atoms with Crippen LogP contribution in [0.25, 0.3) is 0 Å². The maximum atomic E-state index is 8.60. The van der Waals surface area contributed by atoms with Gasteiger partial charge in [0.2, 0.25) is 0 Å². The van der Waals surface area contributed by atoms with E-state index >= 15 is 0 Å². The van der Waals surface area contributed by atoms with E-state index in [1.54, 1.807) is 6.20 Å². The van der Waals surface area contributed by atoms with E-state index in [2.05, 4.69) is 35.9 Å². The lowest BCUT2D eigenvalue weighted by Gasteiger charge is -2.25. The molecular formula is C13H19N3. The lowest BCUT2D eigenvalue weighted by Crippen LogP contribution is -2.33. The maximum absolute atomic E-state index is 8.60. The van der Waals surface area contributed by atoms with Crippen molar-refractivity contribution in [2.24, 2.45) is 0 Å². The molecule has 3 heteroatoms. The van der Waals surface area contributed by atoms with Crippen molar-refractivity contribution < 1.29 is 0 Å². The van der Waals surface area contributed by atoms with Gasteiger partial charge in [-0.15, -0.1) is 0 Å². The molecule has 0 N–H and O–H groups in total. The summed E-state index contributed by atoms with van der Waals surface area (Å²) >= 11 is 0. The summed E-state index contributed by atoms with van der Waals surface area (Å²) in [6.07, 6.45) is 5.30. The smallest absolute Gasteiger partial charge is 0.0635 e. The van der Waals surface area contributed by atoms with Gasteiger partial charge in [0.15, 0.2) is 0 Å². The summed E-state index contributed by atoms with van der Waals surface area (Å²) in [6, 6.07) is 6.74. The molecular weight excluding hydrogens is 198 g/mol. The summed E-state index contributed by atoms with van der Waals surface area (Å²) in [7, 11) is 0. The molecule has 0 atom stereocenters. The molecule has 0 unspecified atom stereocenters. The molecule has 1 aromatic rings. The Morgan fingerprint density at radius 2 is 2.25 bits per heavy atom. The van der Waals surface area contributed by atoms with Crippen LogP contribution in [0.5, 0.6) is 0 Å². The molecule has 1 rings (SSSR count). The third-order valence-electron chi connectivity index (χ3n) is 2.65. The van der Waals surface area contributed by atoms with Crippen molar-refractivity contribution >= 4 is 0 Å². The monoisotopic (exact) mass is 217 g/mol. The van der Waals surface area contributed by atoms with E-state index < -0.39 is 0 Å². The Kier molecular flexibility index (Phi) is 5.52. The zero-order chi connectivity index (χ0) is 11.8. The van der Waals surface area contributed by atoms with Gasteiger partial charge in [0.25, 0.3) is 0 Å². The Morgan fingerprint density at radius 3 is 2.81 bits per heavy atom. The van der Waals surface area contributed by atoms with E-state index in [1.165, 1.54) is 5.56 Å². The van der Waals surface area contributed by atoms with Crippen molar-refractivity contribution in [2.45, 2.75) is 32.7 Å². The van der Waals surface area contributed by atoms with Gasteiger partial charge in [-0.2, -0.15) is 5.26 Å². The fourth-order valence-corrected chi connectivity index (χ4v) is 1.64. The molecule has 0 saturated carbocycles. The van der Waals surface area contributed by atoms with E-state index in [1.807, 2.05) is 12.3 Å². The highest BCUT2D eigenvalue weighted by Gasteiger charge is 2.08. The molecule has 0 aliphatic carbocycles. The van der Waals surface area contributed by atoms with Crippen LogP contribution in [-0.2, 0) is 6.42 Å². The van der Waals surface area contributed by atoms with Gasteiger partial charge in [0, 0.05) is 37.9 Å². The zero-order valence-electron chi connectivity index (χ0n) is 10.1. The van der Waals surface area contributed by atoms with E-state index in [-0.39, 0.29) is 0 Å². The minimum absolute atomic E-state index is 0.491. The van der Waals surface area contributed by atoms with E-state index in [9.17, 15) is 0 Å². The molecule has 0 aromatic carbocycles. The quantitative estimate of drug-likeness (QED) is 0.733. The first-order valence-corrected chi connectivity index (χ1v) is 5.74. The summed E-state index contributed by atoms with van der Waals surface area (Å²) in [4.78, 5) is 6.43. The van der Waals surface area contributed by atoms with Gasteiger partial charge < -0.3 is 0 Å². The maximum Gasteiger partial charge on any atom is 0.0635 e. The number of rotatable bonds is 6. The lowest BCUT2D eigenvalue weighted by molar-refractivity contribution is 0.229. The van der Waals surface area contributed by atoms with Crippen molar-refractivity contribution in [3.63, 3.8) is 0 Å². The van der Waals surface area contributed by atoms with Gasteiger partial charge in [0.05, 0.1) is 6.07 Å². The molecule has 1 heterocycles. The molecule has 0 aliphatic rings. The Bertz CT molecular complexity index is 327. The van der Waals surface area contributed by atoms with Crippen molar-refractivity contribution in [1.29, 1.82) is 5.26 Å². The largest absolute Gasteiger partial charge is 0.300 e. The first-order chi connectivity index (χ1) is 7.74. The fourth-order valence-electron chi connectivity index (χ4n) is 1.64. The van der Waals surface area contributed by atoms with E-state index in [4.69, 9.17) is 5.26 Å². The second kappa shape index (κ2) is 6.97. The molecule has 1 aromatic heterocycles. The minimum Gasteiger partial charge on any atom is -0.300 e. The molecule has 0 spiro atoms. The minimum atomic E-state index is 0.491.